The predicted molar refractivity (Wildman–Crippen MR) is 99.5 cm³/mol. The van der Waals surface area contributed by atoms with Crippen molar-refractivity contribution in [3.63, 3.8) is 0 Å². The highest BCUT2D eigenvalue weighted by molar-refractivity contribution is 7.92. The number of rotatable bonds is 5. The zero-order valence-electron chi connectivity index (χ0n) is 14.1. The van der Waals surface area contributed by atoms with Gasteiger partial charge >= 0.3 is 0 Å². The average Bonchev–Trinajstić information content (AvgIpc) is 3.35. The van der Waals surface area contributed by atoms with E-state index in [1.54, 1.807) is 36.4 Å². The standard InChI is InChI=1S/C17H17N3O5S2/c21-26(22)10-8-13(12-26)20-17(11-15(18-20)16-7-4-9-25-16)19-27(23,24)14-5-2-1-3-6-14/h1-7,9,11,13,19H,8,10,12H2. The van der Waals surface area contributed by atoms with E-state index in [1.807, 2.05) is 0 Å². The van der Waals surface area contributed by atoms with Gasteiger partial charge in [0.25, 0.3) is 10.0 Å². The number of furan rings is 1. The number of sulfonamides is 1. The van der Waals surface area contributed by atoms with E-state index in [-0.39, 0.29) is 22.2 Å². The van der Waals surface area contributed by atoms with E-state index in [9.17, 15) is 16.8 Å². The fourth-order valence-corrected chi connectivity index (χ4v) is 5.81. The Balaban J connectivity index is 1.75. The van der Waals surface area contributed by atoms with Crippen molar-refractivity contribution in [2.45, 2.75) is 17.4 Å². The van der Waals surface area contributed by atoms with Crippen molar-refractivity contribution in [3.05, 3.63) is 54.8 Å². The molecule has 1 atom stereocenters. The summed E-state index contributed by atoms with van der Waals surface area (Å²) in [5.41, 5.74) is 0.426. The molecule has 1 saturated heterocycles. The van der Waals surface area contributed by atoms with Gasteiger partial charge in [-0.2, -0.15) is 5.10 Å². The molecule has 1 aromatic carbocycles. The zero-order valence-corrected chi connectivity index (χ0v) is 15.8. The highest BCUT2D eigenvalue weighted by Gasteiger charge is 2.32. The summed E-state index contributed by atoms with van der Waals surface area (Å²) >= 11 is 0. The second-order valence-corrected chi connectivity index (χ2v) is 10.2. The van der Waals surface area contributed by atoms with E-state index in [0.717, 1.165) is 0 Å². The molecule has 0 aliphatic carbocycles. The fraction of sp³-hybridized carbons (Fsp3) is 0.235. The van der Waals surface area contributed by atoms with Crippen LogP contribution < -0.4 is 4.72 Å². The molecule has 0 amide bonds. The van der Waals surface area contributed by atoms with Gasteiger partial charge in [0.15, 0.2) is 15.6 Å². The van der Waals surface area contributed by atoms with Crippen LogP contribution in [0, 0.1) is 0 Å². The van der Waals surface area contributed by atoms with Gasteiger partial charge in [-0.1, -0.05) is 18.2 Å². The first-order valence-electron chi connectivity index (χ1n) is 8.26. The van der Waals surface area contributed by atoms with E-state index < -0.39 is 25.9 Å². The van der Waals surface area contributed by atoms with Gasteiger partial charge < -0.3 is 4.42 Å². The Labute approximate surface area is 156 Å². The first-order valence-corrected chi connectivity index (χ1v) is 11.6. The maximum atomic E-state index is 12.7. The number of nitrogens with zero attached hydrogens (tertiary/aromatic N) is 2. The Morgan fingerprint density at radius 3 is 2.56 bits per heavy atom. The Kier molecular flexibility index (Phi) is 4.31. The van der Waals surface area contributed by atoms with Crippen LogP contribution in [0.5, 0.6) is 0 Å². The number of sulfone groups is 1. The maximum Gasteiger partial charge on any atom is 0.263 e. The van der Waals surface area contributed by atoms with Crippen molar-refractivity contribution >= 4 is 25.7 Å². The summed E-state index contributed by atoms with van der Waals surface area (Å²) < 4.78 is 58.4. The van der Waals surface area contributed by atoms with Crippen molar-refractivity contribution in [1.29, 1.82) is 0 Å². The molecule has 0 radical (unpaired) electrons. The van der Waals surface area contributed by atoms with E-state index in [4.69, 9.17) is 4.42 Å². The summed E-state index contributed by atoms with van der Waals surface area (Å²) in [5.74, 6) is 0.646. The van der Waals surface area contributed by atoms with Gasteiger partial charge in [-0.25, -0.2) is 21.5 Å². The SMILES string of the molecule is O=S1(=O)CCC(n2nc(-c3ccco3)cc2NS(=O)(=O)c2ccccc2)C1. The number of hydrogen-bond acceptors (Lipinski definition) is 6. The van der Waals surface area contributed by atoms with Crippen LogP contribution in [0.25, 0.3) is 11.5 Å². The average molecular weight is 407 g/mol. The van der Waals surface area contributed by atoms with Gasteiger partial charge in [-0.05, 0) is 30.7 Å². The molecule has 0 saturated carbocycles. The second kappa shape index (κ2) is 6.54. The van der Waals surface area contributed by atoms with Crippen molar-refractivity contribution in [2.24, 2.45) is 0 Å². The summed E-state index contributed by atoms with van der Waals surface area (Å²) in [5, 5.41) is 4.41. The van der Waals surface area contributed by atoms with E-state index in [0.29, 0.717) is 17.9 Å². The lowest BCUT2D eigenvalue weighted by Gasteiger charge is -2.14. The highest BCUT2D eigenvalue weighted by atomic mass is 32.2. The minimum Gasteiger partial charge on any atom is -0.463 e. The lowest BCUT2D eigenvalue weighted by molar-refractivity contribution is 0.504. The summed E-state index contributed by atoms with van der Waals surface area (Å²) in [6.07, 6.45) is 1.86. The van der Waals surface area contributed by atoms with Gasteiger partial charge in [0.1, 0.15) is 11.5 Å². The minimum atomic E-state index is -3.84. The van der Waals surface area contributed by atoms with Crippen molar-refractivity contribution in [2.75, 3.05) is 16.2 Å². The van der Waals surface area contributed by atoms with E-state index in [2.05, 4.69) is 9.82 Å². The zero-order chi connectivity index (χ0) is 19.1. The van der Waals surface area contributed by atoms with Crippen LogP contribution in [0.15, 0.2) is 64.1 Å². The third-order valence-electron chi connectivity index (χ3n) is 4.36. The summed E-state index contributed by atoms with van der Waals surface area (Å²) in [4.78, 5) is 0.108. The summed E-state index contributed by atoms with van der Waals surface area (Å²) in [7, 11) is -7.00. The lowest BCUT2D eigenvalue weighted by atomic mass is 10.3. The Morgan fingerprint density at radius 2 is 1.93 bits per heavy atom. The molecular formula is C17H17N3O5S2. The Bertz CT molecular complexity index is 1150. The third-order valence-corrected chi connectivity index (χ3v) is 7.48. The lowest BCUT2D eigenvalue weighted by Crippen LogP contribution is -2.19. The van der Waals surface area contributed by atoms with Crippen molar-refractivity contribution in [1.82, 2.24) is 9.78 Å². The van der Waals surface area contributed by atoms with Gasteiger partial charge in [-0.3, -0.25) is 4.72 Å². The number of benzene rings is 1. The molecular weight excluding hydrogens is 390 g/mol. The van der Waals surface area contributed by atoms with Crippen LogP contribution in [0.1, 0.15) is 12.5 Å². The molecule has 3 aromatic rings. The van der Waals surface area contributed by atoms with Gasteiger partial charge in [0, 0.05) is 6.07 Å². The van der Waals surface area contributed by atoms with Crippen LogP contribution in [0.2, 0.25) is 0 Å². The van der Waals surface area contributed by atoms with Crippen LogP contribution in [0.4, 0.5) is 5.82 Å². The normalized spacial score (nSPS) is 19.2. The number of hydrogen-bond donors (Lipinski definition) is 1. The van der Waals surface area contributed by atoms with E-state index >= 15 is 0 Å². The minimum absolute atomic E-state index is 0.0541. The Morgan fingerprint density at radius 1 is 1.15 bits per heavy atom. The highest BCUT2D eigenvalue weighted by Crippen LogP contribution is 2.31. The van der Waals surface area contributed by atoms with Crippen LogP contribution >= 0.6 is 0 Å². The predicted octanol–water partition coefficient (Wildman–Crippen LogP) is 2.30. The van der Waals surface area contributed by atoms with Crippen LogP contribution in [-0.2, 0) is 19.9 Å². The second-order valence-electron chi connectivity index (χ2n) is 6.31. The smallest absolute Gasteiger partial charge is 0.263 e. The molecule has 2 aromatic heterocycles. The quantitative estimate of drug-likeness (QED) is 0.695. The topological polar surface area (TPSA) is 111 Å². The molecule has 1 unspecified atom stereocenters. The molecule has 1 aliphatic heterocycles. The van der Waals surface area contributed by atoms with Crippen molar-refractivity contribution < 1.29 is 21.3 Å². The van der Waals surface area contributed by atoms with Crippen LogP contribution in [-0.4, -0.2) is 38.1 Å². The molecule has 3 heterocycles. The molecule has 1 aliphatic rings. The first kappa shape index (κ1) is 17.8. The largest absolute Gasteiger partial charge is 0.463 e. The van der Waals surface area contributed by atoms with Gasteiger partial charge in [0.05, 0.1) is 28.7 Å². The molecule has 27 heavy (non-hydrogen) atoms. The molecule has 1 N–H and O–H groups in total. The van der Waals surface area contributed by atoms with Crippen molar-refractivity contribution in [3.8, 4) is 11.5 Å². The number of aromatic nitrogens is 2. The molecule has 0 bridgehead atoms. The molecule has 8 nitrogen and oxygen atoms in total. The van der Waals surface area contributed by atoms with Crippen LogP contribution in [0.3, 0.4) is 0 Å². The molecule has 4 rings (SSSR count). The third kappa shape index (κ3) is 3.62. The molecule has 142 valence electrons. The van der Waals surface area contributed by atoms with E-state index in [1.165, 1.54) is 23.1 Å². The Hall–Kier alpha value is -2.59. The van der Waals surface area contributed by atoms with Gasteiger partial charge in [0.2, 0.25) is 0 Å². The molecule has 1 fully saturated rings. The molecule has 0 spiro atoms. The molecule has 10 heteroatoms. The number of nitrogens with one attached hydrogen (secondary N) is 1. The van der Waals surface area contributed by atoms with Gasteiger partial charge in [-0.15, -0.1) is 0 Å². The monoisotopic (exact) mass is 407 g/mol. The fourth-order valence-electron chi connectivity index (χ4n) is 3.06. The summed E-state index contributed by atoms with van der Waals surface area (Å²) in [6, 6.07) is 12.5. The first-order chi connectivity index (χ1) is 12.8. The maximum absolute atomic E-state index is 12.7. The summed E-state index contributed by atoms with van der Waals surface area (Å²) in [6.45, 7) is 0. The number of anilines is 1.